The van der Waals surface area contributed by atoms with Crippen LogP contribution in [0.25, 0.3) is 0 Å². The van der Waals surface area contributed by atoms with E-state index < -0.39 is 34.9 Å². The van der Waals surface area contributed by atoms with Crippen molar-refractivity contribution in [3.8, 4) is 0 Å². The summed E-state index contributed by atoms with van der Waals surface area (Å²) in [5, 5.41) is 10.5. The molecule has 1 saturated carbocycles. The van der Waals surface area contributed by atoms with Crippen LogP contribution < -0.4 is 0 Å². The van der Waals surface area contributed by atoms with Gasteiger partial charge in [0.2, 0.25) is 6.04 Å². The third-order valence-corrected chi connectivity index (χ3v) is 3.04. The van der Waals surface area contributed by atoms with E-state index in [1.807, 2.05) is 0 Å². The predicted octanol–water partition coefficient (Wildman–Crippen LogP) is 2.02. The molecule has 2 aliphatic rings. The molecule has 0 aromatic heterocycles. The van der Waals surface area contributed by atoms with Crippen LogP contribution in [0.15, 0.2) is 12.2 Å². The molecule has 0 unspecified atom stereocenters. The fourth-order valence-electron chi connectivity index (χ4n) is 2.52. The SMILES string of the molecule is O=[N+]([O-])[C@H]1[C@H](C(F)(F)F)[C@@H]2C=C[C@H]1C2. The molecule has 4 atom stereocenters. The minimum Gasteiger partial charge on any atom is -0.264 e. The van der Waals surface area contributed by atoms with Crippen LogP contribution in [0.2, 0.25) is 0 Å². The molecule has 0 aromatic rings. The lowest BCUT2D eigenvalue weighted by Crippen LogP contribution is -2.41. The topological polar surface area (TPSA) is 43.1 Å². The van der Waals surface area contributed by atoms with Crippen molar-refractivity contribution in [1.29, 1.82) is 0 Å². The largest absolute Gasteiger partial charge is 0.398 e. The summed E-state index contributed by atoms with van der Waals surface area (Å²) in [7, 11) is 0. The molecule has 2 bridgehead atoms. The first kappa shape index (κ1) is 9.48. The number of hydrogen-bond acceptors (Lipinski definition) is 2. The van der Waals surface area contributed by atoms with Gasteiger partial charge in [-0.2, -0.15) is 13.2 Å². The molecule has 14 heavy (non-hydrogen) atoms. The van der Waals surface area contributed by atoms with E-state index >= 15 is 0 Å². The van der Waals surface area contributed by atoms with Crippen molar-refractivity contribution >= 4 is 0 Å². The van der Waals surface area contributed by atoms with E-state index in [0.29, 0.717) is 0 Å². The fraction of sp³-hybridized carbons (Fsp3) is 0.750. The van der Waals surface area contributed by atoms with Gasteiger partial charge in [-0.3, -0.25) is 10.1 Å². The summed E-state index contributed by atoms with van der Waals surface area (Å²) in [6, 6.07) is -1.47. The lowest BCUT2D eigenvalue weighted by Gasteiger charge is -2.23. The van der Waals surface area contributed by atoms with Crippen molar-refractivity contribution in [2.24, 2.45) is 17.8 Å². The number of rotatable bonds is 1. The Hall–Kier alpha value is -1.07. The van der Waals surface area contributed by atoms with E-state index in [9.17, 15) is 23.3 Å². The van der Waals surface area contributed by atoms with Gasteiger partial charge in [0.25, 0.3) is 0 Å². The number of allylic oxidation sites excluding steroid dienone is 1. The van der Waals surface area contributed by atoms with Gasteiger partial charge in [-0.25, -0.2) is 0 Å². The number of hydrogen-bond donors (Lipinski definition) is 0. The second kappa shape index (κ2) is 2.71. The Bertz CT molecular complexity index is 299. The zero-order chi connectivity index (χ0) is 10.5. The van der Waals surface area contributed by atoms with E-state index in [0.717, 1.165) is 0 Å². The zero-order valence-corrected chi connectivity index (χ0v) is 7.07. The van der Waals surface area contributed by atoms with Gasteiger partial charge in [-0.15, -0.1) is 0 Å². The standard InChI is InChI=1S/C8H8F3NO2/c9-8(10,11)6-4-1-2-5(3-4)7(6)12(13)14/h1-2,4-7H,3H2/t4-,5+,6-,7-/m1/s1. The maximum Gasteiger partial charge on any atom is 0.398 e. The van der Waals surface area contributed by atoms with E-state index in [-0.39, 0.29) is 6.42 Å². The maximum absolute atomic E-state index is 12.5. The molecule has 0 spiro atoms. The molecule has 0 heterocycles. The van der Waals surface area contributed by atoms with Crippen molar-refractivity contribution in [2.45, 2.75) is 18.6 Å². The van der Waals surface area contributed by atoms with Gasteiger partial charge in [-0.1, -0.05) is 12.2 Å². The molecule has 3 nitrogen and oxygen atoms in total. The molecule has 2 rings (SSSR count). The van der Waals surface area contributed by atoms with Gasteiger partial charge < -0.3 is 0 Å². The smallest absolute Gasteiger partial charge is 0.264 e. The number of alkyl halides is 3. The van der Waals surface area contributed by atoms with Crippen LogP contribution in [0.5, 0.6) is 0 Å². The van der Waals surface area contributed by atoms with Gasteiger partial charge in [-0.05, 0) is 12.3 Å². The second-order valence-electron chi connectivity index (χ2n) is 3.79. The maximum atomic E-state index is 12.5. The van der Waals surface area contributed by atoms with Crippen LogP contribution in [0, 0.1) is 27.9 Å². The van der Waals surface area contributed by atoms with E-state index in [2.05, 4.69) is 0 Å². The summed E-state index contributed by atoms with van der Waals surface area (Å²) in [6.07, 6.45) is -1.18. The number of nitro groups is 1. The van der Waals surface area contributed by atoms with Crippen LogP contribution in [-0.4, -0.2) is 17.1 Å². The lowest BCUT2D eigenvalue weighted by molar-refractivity contribution is -0.544. The van der Waals surface area contributed by atoms with Crippen LogP contribution in [0.3, 0.4) is 0 Å². The highest BCUT2D eigenvalue weighted by atomic mass is 19.4. The third-order valence-electron chi connectivity index (χ3n) is 3.04. The highest BCUT2D eigenvalue weighted by Gasteiger charge is 2.62. The minimum atomic E-state index is -4.46. The molecule has 78 valence electrons. The molecular weight excluding hydrogens is 199 g/mol. The van der Waals surface area contributed by atoms with E-state index in [4.69, 9.17) is 0 Å². The molecule has 6 heteroatoms. The predicted molar refractivity (Wildman–Crippen MR) is 41.1 cm³/mol. The molecule has 0 aliphatic heterocycles. The highest BCUT2D eigenvalue weighted by molar-refractivity contribution is 5.15. The Morgan fingerprint density at radius 1 is 1.29 bits per heavy atom. The Kier molecular flexibility index (Phi) is 1.84. The zero-order valence-electron chi connectivity index (χ0n) is 7.07. The number of halogens is 3. The van der Waals surface area contributed by atoms with Crippen LogP contribution in [-0.2, 0) is 0 Å². The molecule has 2 aliphatic carbocycles. The summed E-state index contributed by atoms with van der Waals surface area (Å²) in [5.41, 5.74) is 0. The van der Waals surface area contributed by atoms with Gasteiger partial charge in [0.1, 0.15) is 5.92 Å². The van der Waals surface area contributed by atoms with Gasteiger partial charge in [0, 0.05) is 10.8 Å². The van der Waals surface area contributed by atoms with Crippen molar-refractivity contribution in [2.75, 3.05) is 0 Å². The average molecular weight is 207 g/mol. The summed E-state index contributed by atoms with van der Waals surface area (Å²) < 4.78 is 37.5. The van der Waals surface area contributed by atoms with Crippen LogP contribution >= 0.6 is 0 Å². The minimum absolute atomic E-state index is 0.274. The van der Waals surface area contributed by atoms with E-state index in [1.165, 1.54) is 6.08 Å². The molecule has 0 radical (unpaired) electrons. The van der Waals surface area contributed by atoms with Crippen molar-refractivity contribution in [3.63, 3.8) is 0 Å². The fourth-order valence-corrected chi connectivity index (χ4v) is 2.52. The van der Waals surface area contributed by atoms with Gasteiger partial charge in [0.15, 0.2) is 0 Å². The molecule has 0 amide bonds. The molecule has 0 aromatic carbocycles. The second-order valence-corrected chi connectivity index (χ2v) is 3.79. The Morgan fingerprint density at radius 3 is 2.29 bits per heavy atom. The normalized spacial score (nSPS) is 40.5. The van der Waals surface area contributed by atoms with Crippen molar-refractivity contribution in [1.82, 2.24) is 0 Å². The molecule has 0 N–H and O–H groups in total. The molecule has 1 fully saturated rings. The summed E-state index contributed by atoms with van der Waals surface area (Å²) in [6.45, 7) is 0. The number of nitrogens with zero attached hydrogens (tertiary/aromatic N) is 1. The summed E-state index contributed by atoms with van der Waals surface area (Å²) >= 11 is 0. The highest BCUT2D eigenvalue weighted by Crippen LogP contribution is 2.51. The Balaban J connectivity index is 2.31. The quantitative estimate of drug-likeness (QED) is 0.375. The van der Waals surface area contributed by atoms with Crippen molar-refractivity contribution in [3.05, 3.63) is 22.3 Å². The molecular formula is C8H8F3NO2. The first-order chi connectivity index (χ1) is 6.41. The first-order valence-corrected chi connectivity index (χ1v) is 4.30. The van der Waals surface area contributed by atoms with Crippen molar-refractivity contribution < 1.29 is 18.1 Å². The molecule has 0 saturated heterocycles. The monoisotopic (exact) mass is 207 g/mol. The summed E-state index contributed by atoms with van der Waals surface area (Å²) in [4.78, 5) is 9.73. The lowest BCUT2D eigenvalue weighted by atomic mass is 9.89. The first-order valence-electron chi connectivity index (χ1n) is 4.30. The van der Waals surface area contributed by atoms with Crippen LogP contribution in [0.4, 0.5) is 13.2 Å². The van der Waals surface area contributed by atoms with Crippen LogP contribution in [0.1, 0.15) is 6.42 Å². The average Bonchev–Trinajstić information content (AvgIpc) is 2.58. The van der Waals surface area contributed by atoms with E-state index in [1.54, 1.807) is 6.08 Å². The summed E-state index contributed by atoms with van der Waals surface area (Å²) in [5.74, 6) is -3.00. The van der Waals surface area contributed by atoms with Gasteiger partial charge >= 0.3 is 6.18 Å². The third kappa shape index (κ3) is 1.20. The Labute approximate surface area is 77.7 Å². The number of fused-ring (bicyclic) bond motifs is 2. The van der Waals surface area contributed by atoms with Gasteiger partial charge in [0.05, 0.1) is 0 Å². The Morgan fingerprint density at radius 2 is 1.86 bits per heavy atom.